The number of nitrogens with one attached hydrogen (secondary N) is 2. The third-order valence-electron chi connectivity index (χ3n) is 4.67. The molecule has 2 atom stereocenters. The number of carbonyl (C=O) groups excluding carboxylic acids is 1. The monoisotopic (exact) mass is 254 g/mol. The molecule has 1 aliphatic heterocycles. The number of rotatable bonds is 5. The fourth-order valence-electron chi connectivity index (χ4n) is 3.10. The van der Waals surface area contributed by atoms with Gasteiger partial charge >= 0.3 is 0 Å². The van der Waals surface area contributed by atoms with Crippen LogP contribution in [0.2, 0.25) is 0 Å². The van der Waals surface area contributed by atoms with Gasteiger partial charge in [0.1, 0.15) is 0 Å². The van der Waals surface area contributed by atoms with Gasteiger partial charge in [-0.15, -0.1) is 0 Å². The maximum atomic E-state index is 12.0. The van der Waals surface area contributed by atoms with Crippen molar-refractivity contribution in [2.24, 2.45) is 11.8 Å². The van der Waals surface area contributed by atoms with E-state index in [9.17, 15) is 9.90 Å². The van der Waals surface area contributed by atoms with Crippen molar-refractivity contribution in [2.45, 2.75) is 51.0 Å². The van der Waals surface area contributed by atoms with Gasteiger partial charge in [0.2, 0.25) is 5.91 Å². The van der Waals surface area contributed by atoms with E-state index in [0.29, 0.717) is 18.3 Å². The molecule has 0 radical (unpaired) electrons. The predicted molar refractivity (Wildman–Crippen MR) is 71.2 cm³/mol. The van der Waals surface area contributed by atoms with Gasteiger partial charge in [0.15, 0.2) is 0 Å². The Labute approximate surface area is 110 Å². The predicted octanol–water partition coefficient (Wildman–Crippen LogP) is 1.04. The Morgan fingerprint density at radius 1 is 1.50 bits per heavy atom. The smallest absolute Gasteiger partial charge is 0.220 e. The quantitative estimate of drug-likeness (QED) is 0.687. The van der Waals surface area contributed by atoms with E-state index in [1.807, 2.05) is 0 Å². The third-order valence-corrected chi connectivity index (χ3v) is 4.67. The first-order valence-electron chi connectivity index (χ1n) is 7.28. The molecule has 0 aromatic rings. The van der Waals surface area contributed by atoms with Crippen LogP contribution in [0.1, 0.15) is 45.4 Å². The molecular weight excluding hydrogens is 228 g/mol. The van der Waals surface area contributed by atoms with E-state index in [2.05, 4.69) is 17.6 Å². The molecule has 2 aliphatic rings. The zero-order valence-corrected chi connectivity index (χ0v) is 11.4. The molecule has 0 aromatic carbocycles. The standard InChI is InChI=1S/C14H26N2O2/c1-11(12-4-2-7-15-9-12)8-13(18)16-14(10-17)5-3-6-14/h11-12,15,17H,2-10H2,1H3,(H,16,18). The first-order valence-corrected chi connectivity index (χ1v) is 7.28. The Balaban J connectivity index is 1.76. The molecule has 1 saturated carbocycles. The molecule has 1 heterocycles. The molecule has 4 heteroatoms. The summed E-state index contributed by atoms with van der Waals surface area (Å²) >= 11 is 0. The lowest BCUT2D eigenvalue weighted by Crippen LogP contribution is -2.56. The van der Waals surface area contributed by atoms with E-state index in [0.717, 1.165) is 32.4 Å². The number of aliphatic hydroxyl groups excluding tert-OH is 1. The number of hydrogen-bond acceptors (Lipinski definition) is 3. The van der Waals surface area contributed by atoms with E-state index >= 15 is 0 Å². The largest absolute Gasteiger partial charge is 0.394 e. The molecule has 2 fully saturated rings. The van der Waals surface area contributed by atoms with E-state index in [4.69, 9.17) is 0 Å². The van der Waals surface area contributed by atoms with Gasteiger partial charge in [-0.1, -0.05) is 6.92 Å². The second-order valence-corrected chi connectivity index (χ2v) is 6.13. The molecule has 0 spiro atoms. The van der Waals surface area contributed by atoms with Gasteiger partial charge in [-0.2, -0.15) is 0 Å². The zero-order valence-electron chi connectivity index (χ0n) is 11.4. The van der Waals surface area contributed by atoms with Gasteiger partial charge in [-0.05, 0) is 57.0 Å². The SMILES string of the molecule is CC(CC(=O)NC1(CO)CCC1)C1CCCNC1. The minimum atomic E-state index is -0.290. The lowest BCUT2D eigenvalue weighted by Gasteiger charge is -2.41. The molecule has 2 unspecified atom stereocenters. The van der Waals surface area contributed by atoms with Crippen molar-refractivity contribution in [3.63, 3.8) is 0 Å². The van der Waals surface area contributed by atoms with Crippen LogP contribution in [0.15, 0.2) is 0 Å². The summed E-state index contributed by atoms with van der Waals surface area (Å²) in [6.45, 7) is 4.41. The van der Waals surface area contributed by atoms with Crippen LogP contribution in [0.25, 0.3) is 0 Å². The van der Waals surface area contributed by atoms with Crippen molar-refractivity contribution in [3.8, 4) is 0 Å². The number of piperidine rings is 1. The van der Waals surface area contributed by atoms with E-state index in [1.54, 1.807) is 0 Å². The fourth-order valence-corrected chi connectivity index (χ4v) is 3.10. The van der Waals surface area contributed by atoms with Gasteiger partial charge in [-0.3, -0.25) is 4.79 Å². The van der Waals surface area contributed by atoms with Crippen molar-refractivity contribution in [2.75, 3.05) is 19.7 Å². The minimum Gasteiger partial charge on any atom is -0.394 e. The van der Waals surface area contributed by atoms with Crippen LogP contribution in [-0.2, 0) is 4.79 Å². The summed E-state index contributed by atoms with van der Waals surface area (Å²) < 4.78 is 0. The van der Waals surface area contributed by atoms with Gasteiger partial charge in [-0.25, -0.2) is 0 Å². The molecule has 1 amide bonds. The maximum absolute atomic E-state index is 12.0. The van der Waals surface area contributed by atoms with Crippen molar-refractivity contribution in [3.05, 3.63) is 0 Å². The Bertz CT molecular complexity index is 278. The zero-order chi connectivity index (χ0) is 13.0. The average molecular weight is 254 g/mol. The van der Waals surface area contributed by atoms with Crippen LogP contribution in [0.3, 0.4) is 0 Å². The normalized spacial score (nSPS) is 28.2. The molecule has 3 N–H and O–H groups in total. The molecule has 0 aromatic heterocycles. The molecule has 1 saturated heterocycles. The second-order valence-electron chi connectivity index (χ2n) is 6.13. The average Bonchev–Trinajstić information content (AvgIpc) is 2.35. The van der Waals surface area contributed by atoms with Crippen LogP contribution in [0.4, 0.5) is 0 Å². The highest BCUT2D eigenvalue weighted by molar-refractivity contribution is 5.77. The summed E-state index contributed by atoms with van der Waals surface area (Å²) in [6.07, 6.45) is 6.00. The topological polar surface area (TPSA) is 61.4 Å². The van der Waals surface area contributed by atoms with Crippen molar-refractivity contribution in [1.29, 1.82) is 0 Å². The summed E-state index contributed by atoms with van der Waals surface area (Å²) in [4.78, 5) is 12.0. The summed E-state index contributed by atoms with van der Waals surface area (Å²) in [5.74, 6) is 1.16. The Kier molecular flexibility index (Phi) is 4.62. The second kappa shape index (κ2) is 6.02. The number of hydrogen-bond donors (Lipinski definition) is 3. The molecule has 18 heavy (non-hydrogen) atoms. The first-order chi connectivity index (χ1) is 8.65. The fraction of sp³-hybridized carbons (Fsp3) is 0.929. The molecular formula is C14H26N2O2. The highest BCUT2D eigenvalue weighted by atomic mass is 16.3. The van der Waals surface area contributed by atoms with E-state index < -0.39 is 0 Å². The van der Waals surface area contributed by atoms with Crippen LogP contribution < -0.4 is 10.6 Å². The maximum Gasteiger partial charge on any atom is 0.220 e. The van der Waals surface area contributed by atoms with Crippen LogP contribution in [-0.4, -0.2) is 36.2 Å². The van der Waals surface area contributed by atoms with Gasteiger partial charge in [0.25, 0.3) is 0 Å². The third kappa shape index (κ3) is 3.23. The lowest BCUT2D eigenvalue weighted by atomic mass is 9.77. The van der Waals surface area contributed by atoms with Crippen molar-refractivity contribution in [1.82, 2.24) is 10.6 Å². The summed E-state index contributed by atoms with van der Waals surface area (Å²) in [5, 5.41) is 15.8. The Hall–Kier alpha value is -0.610. The highest BCUT2D eigenvalue weighted by Gasteiger charge is 2.38. The summed E-state index contributed by atoms with van der Waals surface area (Å²) in [6, 6.07) is 0. The van der Waals surface area contributed by atoms with Crippen molar-refractivity contribution < 1.29 is 9.90 Å². The van der Waals surface area contributed by atoms with Crippen LogP contribution in [0, 0.1) is 11.8 Å². The van der Waals surface area contributed by atoms with Gasteiger partial charge < -0.3 is 15.7 Å². The molecule has 104 valence electrons. The lowest BCUT2D eigenvalue weighted by molar-refractivity contribution is -0.126. The minimum absolute atomic E-state index is 0.0815. The summed E-state index contributed by atoms with van der Waals surface area (Å²) in [5.41, 5.74) is -0.290. The molecule has 4 nitrogen and oxygen atoms in total. The van der Waals surface area contributed by atoms with Crippen molar-refractivity contribution >= 4 is 5.91 Å². The van der Waals surface area contributed by atoms with Crippen LogP contribution >= 0.6 is 0 Å². The van der Waals surface area contributed by atoms with Gasteiger partial charge in [0.05, 0.1) is 12.1 Å². The molecule has 0 bridgehead atoms. The number of amides is 1. The molecule has 1 aliphatic carbocycles. The Morgan fingerprint density at radius 3 is 2.78 bits per heavy atom. The van der Waals surface area contributed by atoms with Crippen LogP contribution in [0.5, 0.6) is 0 Å². The summed E-state index contributed by atoms with van der Waals surface area (Å²) in [7, 11) is 0. The number of carbonyl (C=O) groups is 1. The van der Waals surface area contributed by atoms with E-state index in [-0.39, 0.29) is 18.1 Å². The Morgan fingerprint density at radius 2 is 2.28 bits per heavy atom. The van der Waals surface area contributed by atoms with Gasteiger partial charge in [0, 0.05) is 6.42 Å². The highest BCUT2D eigenvalue weighted by Crippen LogP contribution is 2.31. The first kappa shape index (κ1) is 13.8. The van der Waals surface area contributed by atoms with E-state index in [1.165, 1.54) is 12.8 Å². The molecule has 2 rings (SSSR count). The number of aliphatic hydroxyl groups is 1.